The zero-order valence-corrected chi connectivity index (χ0v) is 11.7. The third-order valence-electron chi connectivity index (χ3n) is 3.27. The maximum Gasteiger partial charge on any atom is 0.145 e. The third kappa shape index (κ3) is 13.3. The van der Waals surface area contributed by atoms with E-state index in [-0.39, 0.29) is 0 Å². The first-order valence-corrected chi connectivity index (χ1v) is 7.44. The zero-order chi connectivity index (χ0) is 12.8. The second kappa shape index (κ2) is 13.5. The number of unbranched alkanes of at least 4 members (excludes halogenated alkanes) is 10. The van der Waals surface area contributed by atoms with Gasteiger partial charge >= 0.3 is 0 Å². The van der Waals surface area contributed by atoms with Gasteiger partial charge in [0, 0.05) is 0 Å². The summed E-state index contributed by atoms with van der Waals surface area (Å²) in [6, 6.07) is 0. The maximum absolute atomic E-state index is 10.3. The average molecular weight is 238 g/mol. The highest BCUT2D eigenvalue weighted by Crippen LogP contribution is 2.12. The number of allylic oxidation sites excluding steroid dienone is 1. The molecule has 0 N–H and O–H groups in total. The van der Waals surface area contributed by atoms with Gasteiger partial charge in [0.25, 0.3) is 0 Å². The first-order valence-electron chi connectivity index (χ1n) is 7.44. The monoisotopic (exact) mass is 238 g/mol. The first kappa shape index (κ1) is 16.4. The van der Waals surface area contributed by atoms with Crippen molar-refractivity contribution < 1.29 is 4.79 Å². The van der Waals surface area contributed by atoms with Crippen LogP contribution in [0.1, 0.15) is 84.0 Å². The van der Waals surface area contributed by atoms with Crippen molar-refractivity contribution >= 4 is 6.29 Å². The Balaban J connectivity index is 2.98. The van der Waals surface area contributed by atoms with Gasteiger partial charge in [0.2, 0.25) is 0 Å². The molecule has 0 amide bonds. The number of carbonyl (C=O) groups is 1. The van der Waals surface area contributed by atoms with E-state index >= 15 is 0 Å². The molecule has 0 radical (unpaired) electrons. The lowest BCUT2D eigenvalue weighted by molar-refractivity contribution is -0.105. The largest absolute Gasteiger partial charge is 0.298 e. The number of rotatable bonds is 13. The lowest BCUT2D eigenvalue weighted by atomic mass is 10.0. The standard InChI is InChI=1S/C16H30O/c1-3-4-5-6-7-8-9-10-11-12-13-14-16(2)15-17/h15H,2-14H2,1H3. The van der Waals surface area contributed by atoms with E-state index in [2.05, 4.69) is 13.5 Å². The Labute approximate surface area is 108 Å². The molecule has 17 heavy (non-hydrogen) atoms. The summed E-state index contributed by atoms with van der Waals surface area (Å²) in [5.74, 6) is 0. The Morgan fingerprint density at radius 3 is 1.65 bits per heavy atom. The molecule has 0 aromatic carbocycles. The highest BCUT2D eigenvalue weighted by Gasteiger charge is 1.94. The van der Waals surface area contributed by atoms with Gasteiger partial charge in [0.1, 0.15) is 6.29 Å². The van der Waals surface area contributed by atoms with E-state index in [9.17, 15) is 4.79 Å². The van der Waals surface area contributed by atoms with Crippen molar-refractivity contribution in [1.82, 2.24) is 0 Å². The average Bonchev–Trinajstić information content (AvgIpc) is 2.35. The van der Waals surface area contributed by atoms with Gasteiger partial charge < -0.3 is 0 Å². The van der Waals surface area contributed by atoms with Crippen LogP contribution in [0.25, 0.3) is 0 Å². The third-order valence-corrected chi connectivity index (χ3v) is 3.27. The molecule has 0 aliphatic rings. The fourth-order valence-electron chi connectivity index (χ4n) is 2.08. The molecular formula is C16H30O. The van der Waals surface area contributed by atoms with Crippen LogP contribution >= 0.6 is 0 Å². The molecule has 0 unspecified atom stereocenters. The lowest BCUT2D eigenvalue weighted by Gasteiger charge is -2.02. The van der Waals surface area contributed by atoms with Crippen LogP contribution in [0, 0.1) is 0 Å². The van der Waals surface area contributed by atoms with E-state index < -0.39 is 0 Å². The fraction of sp³-hybridized carbons (Fsp3) is 0.812. The molecule has 0 aromatic rings. The fourth-order valence-corrected chi connectivity index (χ4v) is 2.08. The van der Waals surface area contributed by atoms with Crippen LogP contribution in [0.3, 0.4) is 0 Å². The van der Waals surface area contributed by atoms with E-state index in [1.165, 1.54) is 64.2 Å². The van der Waals surface area contributed by atoms with E-state index in [0.29, 0.717) is 0 Å². The maximum atomic E-state index is 10.3. The molecule has 0 atom stereocenters. The quantitative estimate of drug-likeness (QED) is 0.237. The topological polar surface area (TPSA) is 17.1 Å². The van der Waals surface area contributed by atoms with Gasteiger partial charge in [-0.2, -0.15) is 0 Å². The van der Waals surface area contributed by atoms with Crippen molar-refractivity contribution in [3.05, 3.63) is 12.2 Å². The van der Waals surface area contributed by atoms with Gasteiger partial charge in [-0.05, 0) is 18.4 Å². The molecule has 0 aromatic heterocycles. The van der Waals surface area contributed by atoms with Crippen LogP contribution in [0.4, 0.5) is 0 Å². The summed E-state index contributed by atoms with van der Waals surface area (Å²) in [5, 5.41) is 0. The van der Waals surface area contributed by atoms with Crippen LogP contribution in [0.5, 0.6) is 0 Å². The Bertz CT molecular complexity index is 184. The van der Waals surface area contributed by atoms with Gasteiger partial charge in [0.05, 0.1) is 0 Å². The molecule has 0 rings (SSSR count). The van der Waals surface area contributed by atoms with Gasteiger partial charge in [-0.1, -0.05) is 77.7 Å². The Hall–Kier alpha value is -0.590. The van der Waals surface area contributed by atoms with Crippen molar-refractivity contribution in [2.45, 2.75) is 84.0 Å². The molecule has 1 heteroatoms. The Morgan fingerprint density at radius 1 is 0.824 bits per heavy atom. The minimum Gasteiger partial charge on any atom is -0.298 e. The summed E-state index contributed by atoms with van der Waals surface area (Å²) in [5.41, 5.74) is 0.751. The molecule has 0 aliphatic carbocycles. The van der Waals surface area contributed by atoms with Crippen molar-refractivity contribution in [3.8, 4) is 0 Å². The van der Waals surface area contributed by atoms with Crippen LogP contribution in [-0.2, 0) is 4.79 Å². The smallest absolute Gasteiger partial charge is 0.145 e. The molecule has 0 saturated carbocycles. The summed E-state index contributed by atoms with van der Waals surface area (Å²) < 4.78 is 0. The normalized spacial score (nSPS) is 10.4. The molecule has 0 heterocycles. The van der Waals surface area contributed by atoms with E-state index in [0.717, 1.165) is 24.7 Å². The second-order valence-electron chi connectivity index (χ2n) is 5.06. The molecular weight excluding hydrogens is 208 g/mol. The summed E-state index contributed by atoms with van der Waals surface area (Å²) in [7, 11) is 0. The molecule has 1 nitrogen and oxygen atoms in total. The predicted octanol–water partition coefficient (Wildman–Crippen LogP) is 5.44. The molecule has 0 fully saturated rings. The van der Waals surface area contributed by atoms with Crippen LogP contribution < -0.4 is 0 Å². The summed E-state index contributed by atoms with van der Waals surface area (Å²) in [6.45, 7) is 5.95. The molecule has 0 bridgehead atoms. The van der Waals surface area contributed by atoms with Gasteiger partial charge in [0.15, 0.2) is 0 Å². The summed E-state index contributed by atoms with van der Waals surface area (Å²) in [6.07, 6.45) is 16.6. The van der Waals surface area contributed by atoms with E-state index in [4.69, 9.17) is 0 Å². The molecule has 100 valence electrons. The number of hydrogen-bond acceptors (Lipinski definition) is 1. The number of carbonyl (C=O) groups excluding carboxylic acids is 1. The first-order chi connectivity index (χ1) is 8.31. The summed E-state index contributed by atoms with van der Waals surface area (Å²) >= 11 is 0. The Kier molecular flexibility index (Phi) is 13.0. The van der Waals surface area contributed by atoms with E-state index in [1.807, 2.05) is 0 Å². The molecule has 0 spiro atoms. The van der Waals surface area contributed by atoms with Gasteiger partial charge in [-0.25, -0.2) is 0 Å². The second-order valence-corrected chi connectivity index (χ2v) is 5.06. The molecule has 0 aliphatic heterocycles. The predicted molar refractivity (Wildman–Crippen MR) is 76.3 cm³/mol. The van der Waals surface area contributed by atoms with Gasteiger partial charge in [-0.3, -0.25) is 4.79 Å². The minimum absolute atomic E-state index is 0.751. The number of aldehydes is 1. The Morgan fingerprint density at radius 2 is 1.24 bits per heavy atom. The SMILES string of the molecule is C=C(C=O)CCCCCCCCCCCCC. The summed E-state index contributed by atoms with van der Waals surface area (Å²) in [4.78, 5) is 10.3. The highest BCUT2D eigenvalue weighted by atomic mass is 16.1. The van der Waals surface area contributed by atoms with Crippen molar-refractivity contribution in [2.75, 3.05) is 0 Å². The van der Waals surface area contributed by atoms with Crippen molar-refractivity contribution in [2.24, 2.45) is 0 Å². The van der Waals surface area contributed by atoms with Gasteiger partial charge in [-0.15, -0.1) is 0 Å². The van der Waals surface area contributed by atoms with E-state index in [1.54, 1.807) is 0 Å². The minimum atomic E-state index is 0.751. The van der Waals surface area contributed by atoms with Crippen LogP contribution in [-0.4, -0.2) is 6.29 Å². The van der Waals surface area contributed by atoms with Crippen LogP contribution in [0.15, 0.2) is 12.2 Å². The van der Waals surface area contributed by atoms with Crippen molar-refractivity contribution in [3.63, 3.8) is 0 Å². The van der Waals surface area contributed by atoms with Crippen molar-refractivity contribution in [1.29, 1.82) is 0 Å². The molecule has 0 saturated heterocycles. The zero-order valence-electron chi connectivity index (χ0n) is 11.7. The number of hydrogen-bond donors (Lipinski definition) is 0. The van der Waals surface area contributed by atoms with Crippen LogP contribution in [0.2, 0.25) is 0 Å². The highest BCUT2D eigenvalue weighted by molar-refractivity contribution is 5.71. The lowest BCUT2D eigenvalue weighted by Crippen LogP contribution is -1.85.